The number of carbonyl (C=O) groups is 19. The average Bonchev–Trinajstić information content (AvgIpc) is 1.76. The third kappa shape index (κ3) is 45.1. The Morgan fingerprint density at radius 1 is 0.259 bits per heavy atom. The van der Waals surface area contributed by atoms with E-state index in [0.717, 1.165) is 59.1 Å². The molecule has 4 aromatic carbocycles. The highest BCUT2D eigenvalue weighted by Gasteiger charge is 2.33. The second-order valence-electron chi connectivity index (χ2n) is 31.8. The molecule has 9 amide bonds. The number of unbranched alkanes of at least 4 members (excludes halogenated alkanes) is 1. The number of hydrogen-bond acceptors (Lipinski definition) is 24. The molecule has 0 aliphatic rings. The van der Waals surface area contributed by atoms with Crippen molar-refractivity contribution in [1.82, 2.24) is 21.3 Å². The van der Waals surface area contributed by atoms with Crippen molar-refractivity contribution in [3.05, 3.63) is 189 Å². The summed E-state index contributed by atoms with van der Waals surface area (Å²) in [7, 11) is 0. The molecule has 8 atom stereocenters. The van der Waals surface area contributed by atoms with Gasteiger partial charge in [-0.3, -0.25) is 91.1 Å². The maximum absolute atomic E-state index is 12.8. The third-order valence-corrected chi connectivity index (χ3v) is 25.0. The highest BCUT2D eigenvalue weighted by Crippen LogP contribution is 2.30. The van der Waals surface area contributed by atoms with Crippen molar-refractivity contribution >= 4 is 157 Å². The summed E-state index contributed by atoms with van der Waals surface area (Å²) in [5.74, 6) is -18.1. The van der Waals surface area contributed by atoms with Gasteiger partial charge in [0.05, 0.1) is 36.5 Å². The van der Waals surface area contributed by atoms with Crippen LogP contribution < -0.4 is 55.7 Å². The van der Waals surface area contributed by atoms with E-state index in [1.165, 1.54) is 4.88 Å². The number of primary amides is 5. The summed E-state index contributed by atoms with van der Waals surface area (Å²) >= 11 is 6.55. The molecule has 0 saturated carbocycles. The van der Waals surface area contributed by atoms with Crippen LogP contribution in [0.2, 0.25) is 0 Å². The van der Waals surface area contributed by atoms with Crippen LogP contribution in [-0.2, 0) is 117 Å². The van der Waals surface area contributed by atoms with Crippen molar-refractivity contribution in [2.75, 3.05) is 6.54 Å². The molecule has 39 heteroatoms. The smallest absolute Gasteiger partial charge is 0.304 e. The van der Waals surface area contributed by atoms with Crippen LogP contribution >= 0.6 is 45.3 Å². The zero-order valence-electron chi connectivity index (χ0n) is 74.3. The first-order chi connectivity index (χ1) is 64.2. The number of rotatable bonds is 60. The number of benzene rings is 4. The van der Waals surface area contributed by atoms with Gasteiger partial charge in [-0.2, -0.15) is 0 Å². The fourth-order valence-corrected chi connectivity index (χ4v) is 16.7. The Labute approximate surface area is 795 Å². The molecule has 22 N–H and O–H groups in total. The molecule has 135 heavy (non-hydrogen) atoms. The summed E-state index contributed by atoms with van der Waals surface area (Å²) in [6.45, 7) is 0.480. The number of nitrogens with one attached hydrogen (secondary N) is 4. The Kier molecular flexibility index (Phi) is 50.1. The number of nitrogens with two attached hydrogens (primary N) is 6. The van der Waals surface area contributed by atoms with E-state index in [1.807, 2.05) is 167 Å². The molecular formula is C96H116N10O25S4. The van der Waals surface area contributed by atoms with Gasteiger partial charge in [0.1, 0.15) is 0 Å². The first-order valence-electron chi connectivity index (χ1n) is 43.5. The Bertz CT molecular complexity index is 5060. The van der Waals surface area contributed by atoms with E-state index < -0.39 is 161 Å². The van der Waals surface area contributed by atoms with E-state index in [4.69, 9.17) is 65.0 Å². The highest BCUT2D eigenvalue weighted by atomic mass is 32.1. The zero-order chi connectivity index (χ0) is 99.5. The van der Waals surface area contributed by atoms with Gasteiger partial charge in [-0.25, -0.2) is 0 Å². The number of Topliss-reactive ketones (excluding diaryl/α,β-unsaturated/α-hetero) is 4. The lowest BCUT2D eigenvalue weighted by molar-refractivity contribution is -0.141. The molecule has 4 heterocycles. The minimum Gasteiger partial charge on any atom is -0.481 e. The van der Waals surface area contributed by atoms with Gasteiger partial charge in [0.2, 0.25) is 53.2 Å². The normalized spacial score (nSPS) is 12.5. The van der Waals surface area contributed by atoms with Gasteiger partial charge in [-0.1, -0.05) is 128 Å². The minimum atomic E-state index is -1.29. The molecule has 0 spiro atoms. The van der Waals surface area contributed by atoms with Crippen molar-refractivity contribution in [2.24, 2.45) is 58.1 Å². The maximum Gasteiger partial charge on any atom is 0.304 e. The standard InChI is InChI=1S/C25H33N3O5S.C24H29N3O6S.C24H28N2O7S.C23H26N2O7S/c26-14-2-1-4-19(25(27)33)16-21(29)20(11-13-24(31)32)28-23(30)12-8-17-6-9-18(10-7-17)22-5-3-15-34-22;25-21(29)10-8-17(24(26)33)14-19(28)18(9-12-23(31)32)27-22(30)11-5-15-3-6-16(7-4-15)20-2-1-13-34-20;25-24(33)17(8-11-22(29)30)14-19(27)18(9-12-23(31)32)26-21(28)10-5-15-3-6-16(7-4-15)20-2-1-13-34-20;24-23(32)16(13-22(30)31)12-18(26)17(8-10-21(28)29)25-20(27)9-5-14-3-6-15(7-4-14)19-2-1-11-33-19/h3,5-7,9-10,15,19-20H,1-2,4,8,11-14,16,26H2,(H2,27,33)(H,28,30)(H,31,32);1-4,6-7,13,17-18H,5,8-12,14H2,(H2,25,29)(H2,26,33)(H,27,30)(H,31,32);1-4,6-7,13,17-18H,5,8-12,14H2,(H2,25,33)(H,26,28)(H,29,30)(H,31,32);1-4,6-7,11,16-17H,5,8-10,12-13H2,(H2,24,32)(H,25,27)(H,28,29)(H,30,31)/t19-,20+;2*17-,18+;16-,17-/m1110/s1. The fourth-order valence-electron chi connectivity index (χ4n) is 13.7. The lowest BCUT2D eigenvalue weighted by Crippen LogP contribution is -2.43. The number of carboxylic acids is 6. The van der Waals surface area contributed by atoms with Crippen molar-refractivity contribution < 1.29 is 122 Å². The molecule has 0 bridgehead atoms. The Morgan fingerprint density at radius 2 is 0.489 bits per heavy atom. The minimum absolute atomic E-state index is 0.0114. The van der Waals surface area contributed by atoms with Gasteiger partial charge in [-0.05, 0) is 174 Å². The quantitative estimate of drug-likeness (QED) is 0.0158. The number of hydrogen-bond donors (Lipinski definition) is 16. The molecule has 8 aromatic rings. The van der Waals surface area contributed by atoms with Crippen molar-refractivity contribution in [1.29, 1.82) is 0 Å². The second-order valence-corrected chi connectivity index (χ2v) is 35.6. The predicted molar refractivity (Wildman–Crippen MR) is 507 cm³/mol. The van der Waals surface area contributed by atoms with Crippen molar-refractivity contribution in [3.8, 4) is 41.8 Å². The number of ketones is 4. The molecular weight excluding hydrogens is 1820 g/mol. The Balaban J connectivity index is 0.000000318. The molecule has 35 nitrogen and oxygen atoms in total. The van der Waals surface area contributed by atoms with E-state index >= 15 is 0 Å². The molecule has 8 rings (SSSR count). The van der Waals surface area contributed by atoms with E-state index in [9.17, 15) is 91.1 Å². The first kappa shape index (κ1) is 112. The predicted octanol–water partition coefficient (Wildman–Crippen LogP) is 9.77. The molecule has 0 unspecified atom stereocenters. The lowest BCUT2D eigenvalue weighted by atomic mass is 9.91. The van der Waals surface area contributed by atoms with E-state index in [1.54, 1.807) is 45.3 Å². The first-order valence-corrected chi connectivity index (χ1v) is 47.0. The monoisotopic (exact) mass is 1940 g/mol. The Hall–Kier alpha value is -13.6. The van der Waals surface area contributed by atoms with Crippen molar-refractivity contribution in [2.45, 2.75) is 204 Å². The van der Waals surface area contributed by atoms with Crippen LogP contribution in [0.15, 0.2) is 167 Å². The highest BCUT2D eigenvalue weighted by molar-refractivity contribution is 7.14. The maximum atomic E-state index is 12.8. The van der Waals surface area contributed by atoms with Crippen LogP contribution in [0.5, 0.6) is 0 Å². The number of carbonyl (C=O) groups excluding carboxylic acids is 13. The lowest BCUT2D eigenvalue weighted by Gasteiger charge is -2.20. The summed E-state index contributed by atoms with van der Waals surface area (Å²) in [6.07, 6.45) is -0.243. The zero-order valence-corrected chi connectivity index (χ0v) is 77.6. The van der Waals surface area contributed by atoms with Gasteiger partial charge < -0.3 is 86.3 Å². The fraction of sp³-hybridized carbons (Fsp3) is 0.385. The molecule has 4 aromatic heterocycles. The number of aliphatic carboxylic acids is 6. The van der Waals surface area contributed by atoms with Gasteiger partial charge in [0, 0.05) is 127 Å². The summed E-state index contributed by atoms with van der Waals surface area (Å²) in [5, 5.41) is 72.0. The van der Waals surface area contributed by atoms with Crippen LogP contribution in [-0.4, -0.2) is 173 Å². The summed E-state index contributed by atoms with van der Waals surface area (Å²) in [6, 6.07) is 43.1. The van der Waals surface area contributed by atoms with Crippen LogP contribution in [0.4, 0.5) is 0 Å². The number of thiophene rings is 4. The van der Waals surface area contributed by atoms with Crippen LogP contribution in [0.1, 0.15) is 176 Å². The summed E-state index contributed by atoms with van der Waals surface area (Å²) < 4.78 is 0. The topological polar surface area (TPSA) is 650 Å². The second kappa shape index (κ2) is 60.5. The Morgan fingerprint density at radius 3 is 0.696 bits per heavy atom. The number of aryl methyl sites for hydroxylation is 4. The SMILES string of the molecule is NC(=O)CC[C@H](CC(=O)[C@H](CCC(=O)O)NC(=O)CCc1ccc(-c2cccs2)cc1)C(N)=O.NC(=O)[C@H](CC(=O)O)CC(=O)[C@H](CCC(=O)O)NC(=O)CCc1ccc(-c2cccs2)cc1.NC(=O)[C@H](CCC(=O)O)CC(=O)[C@H](CCC(=O)O)NC(=O)CCc1ccc(-c2cccs2)cc1.NCCCC[C@H](CC(=O)[C@H](CCC(=O)O)NC(=O)CCc1ccc(-c2cccs2)cc1)C(N)=O. The summed E-state index contributed by atoms with van der Waals surface area (Å²) in [4.78, 5) is 229. The van der Waals surface area contributed by atoms with E-state index in [2.05, 4.69) is 21.3 Å². The summed E-state index contributed by atoms with van der Waals surface area (Å²) in [5.41, 5.74) is 39.9. The van der Waals surface area contributed by atoms with Crippen LogP contribution in [0.25, 0.3) is 41.8 Å². The largest absolute Gasteiger partial charge is 0.481 e. The van der Waals surface area contributed by atoms with Crippen LogP contribution in [0, 0.1) is 23.7 Å². The third-order valence-electron chi connectivity index (χ3n) is 21.4. The van der Waals surface area contributed by atoms with Gasteiger partial charge in [0.15, 0.2) is 23.1 Å². The number of carboxylic acid groups (broad SMARTS) is 6. The average molecular weight is 1940 g/mol. The van der Waals surface area contributed by atoms with Gasteiger partial charge in [-0.15, -0.1) is 45.3 Å². The van der Waals surface area contributed by atoms with E-state index in [0.29, 0.717) is 51.5 Å². The molecule has 0 fully saturated rings. The van der Waals surface area contributed by atoms with Crippen LogP contribution in [0.3, 0.4) is 0 Å². The molecule has 0 aliphatic carbocycles. The van der Waals surface area contributed by atoms with Gasteiger partial charge >= 0.3 is 35.8 Å². The number of amides is 9. The molecule has 724 valence electrons. The van der Waals surface area contributed by atoms with E-state index in [-0.39, 0.29) is 134 Å². The molecule has 0 saturated heterocycles. The molecule has 0 aliphatic heterocycles. The van der Waals surface area contributed by atoms with Gasteiger partial charge in [0.25, 0.3) is 0 Å². The molecule has 0 radical (unpaired) electrons. The van der Waals surface area contributed by atoms with Crippen molar-refractivity contribution in [3.63, 3.8) is 0 Å².